The van der Waals surface area contributed by atoms with Crippen LogP contribution in [-0.2, 0) is 4.74 Å². The van der Waals surface area contributed by atoms with Crippen LogP contribution in [0.25, 0.3) is 0 Å². The molecule has 0 spiro atoms. The summed E-state index contributed by atoms with van der Waals surface area (Å²) in [6.45, 7) is 10.7. The van der Waals surface area contributed by atoms with Gasteiger partial charge in [0.15, 0.2) is 0 Å². The van der Waals surface area contributed by atoms with E-state index in [9.17, 15) is 0 Å². The lowest BCUT2D eigenvalue weighted by molar-refractivity contribution is 0.0800. The molecule has 0 aromatic rings. The fraction of sp³-hybridized carbons (Fsp3) is 1.00. The molecule has 0 rings (SSSR count). The number of hydrogen-bond acceptors (Lipinski definition) is 3. The van der Waals surface area contributed by atoms with E-state index in [2.05, 4.69) is 45.0 Å². The normalized spacial score (nSPS) is 15.8. The second kappa shape index (κ2) is 8.97. The van der Waals surface area contributed by atoms with Crippen LogP contribution in [0.3, 0.4) is 0 Å². The molecule has 0 bridgehead atoms. The minimum Gasteiger partial charge on any atom is -0.383 e. The van der Waals surface area contributed by atoms with Crippen LogP contribution in [0, 0.1) is 0 Å². The van der Waals surface area contributed by atoms with Crippen molar-refractivity contribution in [3.05, 3.63) is 0 Å². The van der Waals surface area contributed by atoms with Gasteiger partial charge in [-0.1, -0.05) is 27.2 Å². The SMILES string of the molecule is CCCC(C)N(C)C(CNC(C)C)COC. The van der Waals surface area contributed by atoms with E-state index < -0.39 is 0 Å². The Balaban J connectivity index is 4.15. The number of ether oxygens (including phenoxy) is 1. The Labute approximate surface area is 102 Å². The second-order valence-corrected chi connectivity index (χ2v) is 4.98. The monoisotopic (exact) mass is 230 g/mol. The summed E-state index contributed by atoms with van der Waals surface area (Å²) >= 11 is 0. The first-order chi connectivity index (χ1) is 7.52. The summed E-state index contributed by atoms with van der Waals surface area (Å²) in [4.78, 5) is 2.43. The molecule has 0 aliphatic heterocycles. The molecule has 2 unspecified atom stereocenters. The predicted octanol–water partition coefficient (Wildman–Crippen LogP) is 2.12. The van der Waals surface area contributed by atoms with Crippen molar-refractivity contribution in [3.63, 3.8) is 0 Å². The third kappa shape index (κ3) is 6.46. The smallest absolute Gasteiger partial charge is 0.0630 e. The van der Waals surface area contributed by atoms with E-state index in [-0.39, 0.29) is 0 Å². The van der Waals surface area contributed by atoms with E-state index in [1.54, 1.807) is 7.11 Å². The van der Waals surface area contributed by atoms with Crippen LogP contribution < -0.4 is 5.32 Å². The van der Waals surface area contributed by atoms with Gasteiger partial charge in [0.05, 0.1) is 6.61 Å². The first-order valence-corrected chi connectivity index (χ1v) is 6.47. The molecule has 0 radical (unpaired) electrons. The maximum absolute atomic E-state index is 5.30. The van der Waals surface area contributed by atoms with Crippen molar-refractivity contribution in [1.29, 1.82) is 0 Å². The first kappa shape index (κ1) is 15.9. The van der Waals surface area contributed by atoms with Crippen molar-refractivity contribution < 1.29 is 4.74 Å². The van der Waals surface area contributed by atoms with Gasteiger partial charge in [0.2, 0.25) is 0 Å². The van der Waals surface area contributed by atoms with Crippen molar-refractivity contribution >= 4 is 0 Å². The Bertz CT molecular complexity index is 162. The number of methoxy groups -OCH3 is 1. The lowest BCUT2D eigenvalue weighted by atomic mass is 10.1. The molecule has 3 nitrogen and oxygen atoms in total. The van der Waals surface area contributed by atoms with Gasteiger partial charge in [0, 0.05) is 31.8 Å². The minimum atomic E-state index is 0.467. The molecule has 0 fully saturated rings. The standard InChI is InChI=1S/C13H30N2O/c1-7-8-12(4)15(5)13(10-16-6)9-14-11(2)3/h11-14H,7-10H2,1-6H3. The van der Waals surface area contributed by atoms with E-state index in [0.29, 0.717) is 18.1 Å². The van der Waals surface area contributed by atoms with Gasteiger partial charge in [-0.05, 0) is 20.4 Å². The van der Waals surface area contributed by atoms with Crippen LogP contribution in [0.1, 0.15) is 40.5 Å². The molecule has 0 saturated carbocycles. The van der Waals surface area contributed by atoms with Crippen LogP contribution in [0.2, 0.25) is 0 Å². The van der Waals surface area contributed by atoms with E-state index in [0.717, 1.165) is 13.2 Å². The molecule has 1 N–H and O–H groups in total. The minimum absolute atomic E-state index is 0.467. The molecular formula is C13H30N2O. The maximum Gasteiger partial charge on any atom is 0.0630 e. The molecule has 3 heteroatoms. The number of likely N-dealkylation sites (N-methyl/N-ethyl adjacent to an activating group) is 1. The van der Waals surface area contributed by atoms with Crippen molar-refractivity contribution in [2.75, 3.05) is 27.3 Å². The Morgan fingerprint density at radius 2 is 1.88 bits per heavy atom. The van der Waals surface area contributed by atoms with Crippen LogP contribution >= 0.6 is 0 Å². The zero-order chi connectivity index (χ0) is 12.6. The van der Waals surface area contributed by atoms with E-state index in [4.69, 9.17) is 4.74 Å². The van der Waals surface area contributed by atoms with Crippen molar-refractivity contribution in [2.24, 2.45) is 0 Å². The summed E-state index contributed by atoms with van der Waals surface area (Å²) in [5, 5.41) is 3.49. The molecule has 0 aliphatic rings. The van der Waals surface area contributed by atoms with Gasteiger partial charge in [-0.15, -0.1) is 0 Å². The van der Waals surface area contributed by atoms with Gasteiger partial charge in [0.25, 0.3) is 0 Å². The number of nitrogens with zero attached hydrogens (tertiary/aromatic N) is 1. The summed E-state index contributed by atoms with van der Waals surface area (Å²) < 4.78 is 5.30. The predicted molar refractivity (Wildman–Crippen MR) is 70.9 cm³/mol. The Hall–Kier alpha value is -0.120. The van der Waals surface area contributed by atoms with E-state index >= 15 is 0 Å². The highest BCUT2D eigenvalue weighted by atomic mass is 16.5. The largest absolute Gasteiger partial charge is 0.383 e. The summed E-state index contributed by atoms with van der Waals surface area (Å²) in [6.07, 6.45) is 2.49. The van der Waals surface area contributed by atoms with Gasteiger partial charge in [-0.25, -0.2) is 0 Å². The Kier molecular flexibility index (Phi) is 8.90. The quantitative estimate of drug-likeness (QED) is 0.656. The number of rotatable bonds is 9. The Morgan fingerprint density at radius 1 is 1.25 bits per heavy atom. The zero-order valence-corrected chi connectivity index (χ0v) is 11.9. The molecule has 2 atom stereocenters. The lowest BCUT2D eigenvalue weighted by Crippen LogP contribution is -2.48. The zero-order valence-electron chi connectivity index (χ0n) is 11.9. The average molecular weight is 230 g/mol. The topological polar surface area (TPSA) is 24.5 Å². The third-order valence-electron chi connectivity index (χ3n) is 3.10. The molecule has 16 heavy (non-hydrogen) atoms. The van der Waals surface area contributed by atoms with Crippen LogP contribution in [0.4, 0.5) is 0 Å². The molecule has 0 saturated heterocycles. The van der Waals surface area contributed by atoms with Gasteiger partial charge >= 0.3 is 0 Å². The summed E-state index contributed by atoms with van der Waals surface area (Å²) in [7, 11) is 3.98. The molecule has 0 amide bonds. The van der Waals surface area contributed by atoms with Crippen molar-refractivity contribution in [1.82, 2.24) is 10.2 Å². The number of hydrogen-bond donors (Lipinski definition) is 1. The van der Waals surface area contributed by atoms with Crippen molar-refractivity contribution in [3.8, 4) is 0 Å². The van der Waals surface area contributed by atoms with Crippen LogP contribution in [0.15, 0.2) is 0 Å². The highest BCUT2D eigenvalue weighted by Crippen LogP contribution is 2.08. The van der Waals surface area contributed by atoms with Crippen LogP contribution in [0.5, 0.6) is 0 Å². The van der Waals surface area contributed by atoms with Crippen molar-refractivity contribution in [2.45, 2.75) is 58.7 Å². The van der Waals surface area contributed by atoms with E-state index in [1.807, 2.05) is 0 Å². The lowest BCUT2D eigenvalue weighted by Gasteiger charge is -2.33. The summed E-state index contributed by atoms with van der Waals surface area (Å²) in [5.74, 6) is 0. The molecule has 0 aromatic heterocycles. The highest BCUT2D eigenvalue weighted by molar-refractivity contribution is 4.76. The van der Waals surface area contributed by atoms with Crippen LogP contribution in [-0.4, -0.2) is 50.3 Å². The van der Waals surface area contributed by atoms with Gasteiger partial charge in [-0.2, -0.15) is 0 Å². The second-order valence-electron chi connectivity index (χ2n) is 4.98. The average Bonchev–Trinajstić information content (AvgIpc) is 2.23. The van der Waals surface area contributed by atoms with E-state index in [1.165, 1.54) is 12.8 Å². The molecule has 98 valence electrons. The first-order valence-electron chi connectivity index (χ1n) is 6.47. The molecule has 0 aliphatic carbocycles. The van der Waals surface area contributed by atoms with Gasteiger partial charge in [0.1, 0.15) is 0 Å². The molecular weight excluding hydrogens is 200 g/mol. The van der Waals surface area contributed by atoms with Gasteiger partial charge < -0.3 is 10.1 Å². The third-order valence-corrected chi connectivity index (χ3v) is 3.10. The fourth-order valence-corrected chi connectivity index (χ4v) is 1.87. The molecule has 0 aromatic carbocycles. The number of nitrogens with one attached hydrogen (secondary N) is 1. The highest BCUT2D eigenvalue weighted by Gasteiger charge is 2.19. The maximum atomic E-state index is 5.30. The molecule has 0 heterocycles. The summed E-state index contributed by atoms with van der Waals surface area (Å²) in [5.41, 5.74) is 0. The fourth-order valence-electron chi connectivity index (χ4n) is 1.87. The summed E-state index contributed by atoms with van der Waals surface area (Å²) in [6, 6.07) is 1.63. The Morgan fingerprint density at radius 3 is 2.31 bits per heavy atom. The van der Waals surface area contributed by atoms with Gasteiger partial charge in [-0.3, -0.25) is 4.90 Å².